The quantitative estimate of drug-likeness (QED) is 0.869. The van der Waals surface area contributed by atoms with E-state index in [0.29, 0.717) is 0 Å². The van der Waals surface area contributed by atoms with E-state index in [1.807, 2.05) is 23.9 Å². The number of nitrogens with one attached hydrogen (secondary N) is 1. The predicted octanol–water partition coefficient (Wildman–Crippen LogP) is 2.93. The molecule has 0 radical (unpaired) electrons. The molecule has 0 spiro atoms. The Morgan fingerprint density at radius 2 is 2.18 bits per heavy atom. The highest BCUT2D eigenvalue weighted by Gasteiger charge is 2.12. The van der Waals surface area contributed by atoms with Gasteiger partial charge < -0.3 is 10.1 Å². The molecule has 1 aromatic carbocycles. The van der Waals surface area contributed by atoms with E-state index in [-0.39, 0.29) is 0 Å². The van der Waals surface area contributed by atoms with Gasteiger partial charge in [0.2, 0.25) is 0 Å². The van der Waals surface area contributed by atoms with Crippen molar-refractivity contribution in [2.45, 2.75) is 18.6 Å². The van der Waals surface area contributed by atoms with E-state index in [2.05, 4.69) is 17.4 Å². The van der Waals surface area contributed by atoms with Crippen molar-refractivity contribution in [1.82, 2.24) is 5.32 Å². The Bertz CT molecular complexity index is 319. The lowest BCUT2D eigenvalue weighted by Crippen LogP contribution is -2.30. The zero-order valence-electron chi connectivity index (χ0n) is 10.4. The fraction of sp³-hybridized carbons (Fsp3) is 0.571. The van der Waals surface area contributed by atoms with Gasteiger partial charge in [0.15, 0.2) is 0 Å². The molecule has 1 unspecified atom stereocenters. The summed E-state index contributed by atoms with van der Waals surface area (Å²) in [6.45, 7) is 2.41. The van der Waals surface area contributed by atoms with Gasteiger partial charge in [0.25, 0.3) is 0 Å². The van der Waals surface area contributed by atoms with Crippen LogP contribution in [0.3, 0.4) is 0 Å². The molecule has 17 heavy (non-hydrogen) atoms. The maximum Gasteiger partial charge on any atom is 0.118 e. The van der Waals surface area contributed by atoms with Crippen molar-refractivity contribution in [3.63, 3.8) is 0 Å². The van der Waals surface area contributed by atoms with Crippen molar-refractivity contribution >= 4 is 11.8 Å². The smallest absolute Gasteiger partial charge is 0.118 e. The first kappa shape index (κ1) is 12.8. The molecule has 3 heteroatoms. The summed E-state index contributed by atoms with van der Waals surface area (Å²) in [6.07, 6.45) is 2.73. The Balaban J connectivity index is 1.69. The summed E-state index contributed by atoms with van der Waals surface area (Å²) < 4.78 is 5.15. The molecule has 1 aromatic rings. The largest absolute Gasteiger partial charge is 0.497 e. The molecule has 0 saturated carbocycles. The number of piperidine rings is 1. The number of rotatable bonds is 5. The fourth-order valence-electron chi connectivity index (χ4n) is 2.13. The number of ether oxygens (including phenoxy) is 1. The van der Waals surface area contributed by atoms with Crippen molar-refractivity contribution in [1.29, 1.82) is 0 Å². The maximum atomic E-state index is 5.15. The standard InChI is InChI=1S/C14H21NOS/c1-16-14-6-4-12(5-7-14)10-17-11-13-3-2-8-15-9-13/h4-7,13,15H,2-3,8-11H2,1H3. The Morgan fingerprint density at radius 3 is 2.82 bits per heavy atom. The molecule has 2 nitrogen and oxygen atoms in total. The lowest BCUT2D eigenvalue weighted by Gasteiger charge is -2.22. The van der Waals surface area contributed by atoms with Crippen LogP contribution in [0.2, 0.25) is 0 Å². The number of thioether (sulfide) groups is 1. The summed E-state index contributed by atoms with van der Waals surface area (Å²) in [5.41, 5.74) is 1.39. The molecule has 2 rings (SSSR count). The van der Waals surface area contributed by atoms with Gasteiger partial charge in [-0.05, 0) is 55.3 Å². The van der Waals surface area contributed by atoms with E-state index in [1.165, 1.54) is 37.2 Å². The van der Waals surface area contributed by atoms with E-state index in [0.717, 1.165) is 17.4 Å². The van der Waals surface area contributed by atoms with E-state index in [9.17, 15) is 0 Å². The minimum absolute atomic E-state index is 0.868. The van der Waals surface area contributed by atoms with Crippen LogP contribution in [0.15, 0.2) is 24.3 Å². The van der Waals surface area contributed by atoms with E-state index in [1.54, 1.807) is 7.11 Å². The first-order chi connectivity index (χ1) is 8.38. The molecule has 1 aliphatic heterocycles. The Labute approximate surface area is 108 Å². The zero-order valence-corrected chi connectivity index (χ0v) is 11.3. The summed E-state index contributed by atoms with van der Waals surface area (Å²) in [6, 6.07) is 8.39. The predicted molar refractivity (Wildman–Crippen MR) is 74.7 cm³/mol. The highest BCUT2D eigenvalue weighted by Crippen LogP contribution is 2.21. The fourth-order valence-corrected chi connectivity index (χ4v) is 3.30. The van der Waals surface area contributed by atoms with Crippen LogP contribution in [0.4, 0.5) is 0 Å². The zero-order chi connectivity index (χ0) is 11.9. The second kappa shape index (κ2) is 6.92. The number of benzene rings is 1. The van der Waals surface area contributed by atoms with Gasteiger partial charge in [-0.15, -0.1) is 0 Å². The topological polar surface area (TPSA) is 21.3 Å². The normalized spacial score (nSPS) is 20.2. The monoisotopic (exact) mass is 251 g/mol. The first-order valence-electron chi connectivity index (χ1n) is 6.30. The van der Waals surface area contributed by atoms with Crippen molar-refractivity contribution in [3.05, 3.63) is 29.8 Å². The maximum absolute atomic E-state index is 5.15. The van der Waals surface area contributed by atoms with Gasteiger partial charge in [-0.2, -0.15) is 11.8 Å². The molecule has 1 fully saturated rings. The average molecular weight is 251 g/mol. The summed E-state index contributed by atoms with van der Waals surface area (Å²) >= 11 is 2.05. The second-order valence-electron chi connectivity index (χ2n) is 4.58. The van der Waals surface area contributed by atoms with Gasteiger partial charge in [-0.1, -0.05) is 12.1 Å². The number of methoxy groups -OCH3 is 1. The summed E-state index contributed by atoms with van der Waals surface area (Å²) in [4.78, 5) is 0. The third-order valence-electron chi connectivity index (χ3n) is 3.18. The van der Waals surface area contributed by atoms with Crippen LogP contribution in [0.1, 0.15) is 18.4 Å². The Hall–Kier alpha value is -0.670. The molecule has 1 atom stereocenters. The van der Waals surface area contributed by atoms with Crippen molar-refractivity contribution in [2.24, 2.45) is 5.92 Å². The van der Waals surface area contributed by atoms with Gasteiger partial charge in [0.1, 0.15) is 5.75 Å². The van der Waals surface area contributed by atoms with Crippen LogP contribution in [0.5, 0.6) is 5.75 Å². The highest BCUT2D eigenvalue weighted by atomic mass is 32.2. The highest BCUT2D eigenvalue weighted by molar-refractivity contribution is 7.98. The van der Waals surface area contributed by atoms with Gasteiger partial charge >= 0.3 is 0 Å². The van der Waals surface area contributed by atoms with Gasteiger partial charge in [0, 0.05) is 5.75 Å². The molecule has 0 aliphatic carbocycles. The van der Waals surface area contributed by atoms with E-state index >= 15 is 0 Å². The number of hydrogen-bond acceptors (Lipinski definition) is 3. The molecular weight excluding hydrogens is 230 g/mol. The minimum atomic E-state index is 0.868. The molecule has 0 aromatic heterocycles. The lowest BCUT2D eigenvalue weighted by atomic mass is 10.0. The van der Waals surface area contributed by atoms with Crippen molar-refractivity contribution < 1.29 is 4.74 Å². The first-order valence-corrected chi connectivity index (χ1v) is 7.45. The van der Waals surface area contributed by atoms with Crippen LogP contribution in [0, 0.1) is 5.92 Å². The van der Waals surface area contributed by atoms with Crippen LogP contribution >= 0.6 is 11.8 Å². The second-order valence-corrected chi connectivity index (χ2v) is 5.61. The van der Waals surface area contributed by atoms with Gasteiger partial charge in [0.05, 0.1) is 7.11 Å². The summed E-state index contributed by atoms with van der Waals surface area (Å²) in [7, 11) is 1.71. The van der Waals surface area contributed by atoms with Crippen molar-refractivity contribution in [3.8, 4) is 5.75 Å². The Kier molecular flexibility index (Phi) is 5.20. The van der Waals surface area contributed by atoms with Crippen LogP contribution in [-0.2, 0) is 5.75 Å². The average Bonchev–Trinajstić information content (AvgIpc) is 2.41. The van der Waals surface area contributed by atoms with Gasteiger partial charge in [-0.3, -0.25) is 0 Å². The van der Waals surface area contributed by atoms with Crippen LogP contribution < -0.4 is 10.1 Å². The minimum Gasteiger partial charge on any atom is -0.497 e. The molecule has 1 heterocycles. The molecular formula is C14H21NOS. The molecule has 0 amide bonds. The molecule has 1 aliphatic rings. The third kappa shape index (κ3) is 4.25. The SMILES string of the molecule is COc1ccc(CSCC2CCCNC2)cc1. The molecule has 94 valence electrons. The Morgan fingerprint density at radius 1 is 1.35 bits per heavy atom. The third-order valence-corrected chi connectivity index (χ3v) is 4.42. The molecule has 0 bridgehead atoms. The lowest BCUT2D eigenvalue weighted by molar-refractivity contribution is 0.410. The van der Waals surface area contributed by atoms with Gasteiger partial charge in [-0.25, -0.2) is 0 Å². The molecule has 1 saturated heterocycles. The van der Waals surface area contributed by atoms with Crippen molar-refractivity contribution in [2.75, 3.05) is 26.0 Å². The number of hydrogen-bond donors (Lipinski definition) is 1. The summed E-state index contributed by atoms with van der Waals surface area (Å²) in [5, 5.41) is 3.47. The van der Waals surface area contributed by atoms with E-state index in [4.69, 9.17) is 4.74 Å². The molecule has 1 N–H and O–H groups in total. The summed E-state index contributed by atoms with van der Waals surface area (Å²) in [5.74, 6) is 4.20. The van der Waals surface area contributed by atoms with E-state index < -0.39 is 0 Å². The van der Waals surface area contributed by atoms with Crippen LogP contribution in [-0.4, -0.2) is 26.0 Å². The van der Waals surface area contributed by atoms with Crippen LogP contribution in [0.25, 0.3) is 0 Å².